The van der Waals surface area contributed by atoms with Gasteiger partial charge in [0.2, 0.25) is 5.91 Å². The maximum Gasteiger partial charge on any atom is 0.311 e. The van der Waals surface area contributed by atoms with Gasteiger partial charge in [-0.05, 0) is 42.2 Å². The van der Waals surface area contributed by atoms with E-state index in [2.05, 4.69) is 46.5 Å². The third-order valence-electron chi connectivity index (χ3n) is 7.74. The van der Waals surface area contributed by atoms with Crippen molar-refractivity contribution < 1.29 is 14.3 Å². The highest BCUT2D eigenvalue weighted by Crippen LogP contribution is 2.45. The molecule has 34 heavy (non-hydrogen) atoms. The molecule has 3 aromatic rings. The second kappa shape index (κ2) is 8.87. The zero-order chi connectivity index (χ0) is 23.9. The van der Waals surface area contributed by atoms with Crippen LogP contribution in [0.25, 0.3) is 10.8 Å². The van der Waals surface area contributed by atoms with Crippen LogP contribution in [0.5, 0.6) is 0 Å². The Morgan fingerprint density at radius 3 is 2.53 bits per heavy atom. The highest BCUT2D eigenvalue weighted by molar-refractivity contribution is 5.89. The molecule has 3 heterocycles. The predicted octanol–water partition coefficient (Wildman–Crippen LogP) is 3.44. The first-order valence-corrected chi connectivity index (χ1v) is 12.0. The number of aryl methyl sites for hydroxylation is 2. The predicted molar refractivity (Wildman–Crippen MR) is 130 cm³/mol. The second-order valence-corrected chi connectivity index (χ2v) is 9.73. The van der Waals surface area contributed by atoms with Crippen LogP contribution >= 0.6 is 0 Å². The molecule has 1 aromatic heterocycles. The van der Waals surface area contributed by atoms with E-state index in [9.17, 15) is 9.59 Å². The number of nitrogens with zero attached hydrogens (tertiary/aromatic N) is 4. The summed E-state index contributed by atoms with van der Waals surface area (Å²) in [5.41, 5.74) is 2.85. The molecule has 2 aliphatic heterocycles. The summed E-state index contributed by atoms with van der Waals surface area (Å²) in [5.74, 6) is -0.654. The number of benzene rings is 2. The summed E-state index contributed by atoms with van der Waals surface area (Å²) in [5, 5.41) is 6.80. The first-order valence-electron chi connectivity index (χ1n) is 12.0. The monoisotopic (exact) mass is 460 g/mol. The Kier molecular flexibility index (Phi) is 5.90. The highest BCUT2D eigenvalue weighted by atomic mass is 16.5. The fraction of sp³-hybridized carbons (Fsp3) is 0.444. The Balaban J connectivity index is 1.39. The maximum atomic E-state index is 13.3. The van der Waals surface area contributed by atoms with Crippen molar-refractivity contribution in [3.63, 3.8) is 0 Å². The molecule has 2 fully saturated rings. The van der Waals surface area contributed by atoms with E-state index < -0.39 is 11.5 Å². The molecule has 7 nitrogen and oxygen atoms in total. The number of fused-ring (bicyclic) bond motifs is 1. The average Bonchev–Trinajstić information content (AvgIpc) is 3.30. The standard InChI is InChI=1S/C27H32N4O3/c1-19-23(17-29(2)28-19)18-30-12-10-27(11-13-30)24(26(33)34-3)15-25(32)31(27)16-20-8-9-21-6-4-5-7-22(21)14-20/h4-9,14,17,24H,10-13,15-16,18H2,1-3H3. The van der Waals surface area contributed by atoms with E-state index in [0.717, 1.165) is 49.1 Å². The molecule has 0 saturated carbocycles. The Morgan fingerprint density at radius 2 is 1.85 bits per heavy atom. The molecule has 1 atom stereocenters. The zero-order valence-electron chi connectivity index (χ0n) is 20.2. The Hall–Kier alpha value is -3.19. The molecule has 2 aromatic carbocycles. The number of hydrogen-bond donors (Lipinski definition) is 0. The molecule has 1 spiro atoms. The van der Waals surface area contributed by atoms with Gasteiger partial charge in [0.05, 0.1) is 24.3 Å². The summed E-state index contributed by atoms with van der Waals surface area (Å²) in [6, 6.07) is 14.6. The van der Waals surface area contributed by atoms with Gasteiger partial charge in [-0.25, -0.2) is 0 Å². The van der Waals surface area contributed by atoms with Gasteiger partial charge in [-0.3, -0.25) is 19.2 Å². The molecular formula is C27H32N4O3. The number of carbonyl (C=O) groups is 2. The molecule has 1 unspecified atom stereocenters. The van der Waals surface area contributed by atoms with Gasteiger partial charge < -0.3 is 9.64 Å². The molecule has 2 saturated heterocycles. The van der Waals surface area contributed by atoms with Crippen molar-refractivity contribution >= 4 is 22.6 Å². The van der Waals surface area contributed by atoms with Gasteiger partial charge in [0.25, 0.3) is 0 Å². The Labute approximate surface area is 200 Å². The van der Waals surface area contributed by atoms with Crippen molar-refractivity contribution in [3.05, 3.63) is 65.5 Å². The molecule has 0 N–H and O–H groups in total. The van der Waals surface area contributed by atoms with Crippen LogP contribution in [-0.4, -0.2) is 57.2 Å². The molecule has 0 radical (unpaired) electrons. The normalized spacial score (nSPS) is 20.4. The quantitative estimate of drug-likeness (QED) is 0.546. The molecule has 2 aliphatic rings. The van der Waals surface area contributed by atoms with Gasteiger partial charge in [0.1, 0.15) is 0 Å². The van der Waals surface area contributed by atoms with Crippen LogP contribution in [0.1, 0.15) is 36.1 Å². The summed E-state index contributed by atoms with van der Waals surface area (Å²) in [6.07, 6.45) is 3.81. The number of aromatic nitrogens is 2. The minimum atomic E-state index is -0.504. The van der Waals surface area contributed by atoms with Crippen molar-refractivity contribution in [2.24, 2.45) is 13.0 Å². The van der Waals surface area contributed by atoms with Crippen LogP contribution in [0.15, 0.2) is 48.7 Å². The number of carbonyl (C=O) groups excluding carboxylic acids is 2. The number of hydrogen-bond acceptors (Lipinski definition) is 5. The summed E-state index contributed by atoms with van der Waals surface area (Å²) >= 11 is 0. The number of rotatable bonds is 5. The second-order valence-electron chi connectivity index (χ2n) is 9.73. The van der Waals surface area contributed by atoms with Crippen LogP contribution in [0.3, 0.4) is 0 Å². The van der Waals surface area contributed by atoms with Gasteiger partial charge >= 0.3 is 5.97 Å². The van der Waals surface area contributed by atoms with E-state index in [4.69, 9.17) is 4.74 Å². The van der Waals surface area contributed by atoms with Crippen LogP contribution in [0.4, 0.5) is 0 Å². The first-order chi connectivity index (χ1) is 16.4. The summed E-state index contributed by atoms with van der Waals surface area (Å²) < 4.78 is 7.02. The Bertz CT molecular complexity index is 1230. The molecule has 178 valence electrons. The van der Waals surface area contributed by atoms with Gasteiger partial charge in [-0.1, -0.05) is 36.4 Å². The molecule has 7 heteroatoms. The lowest BCUT2D eigenvalue weighted by Gasteiger charge is -2.47. The van der Waals surface area contributed by atoms with E-state index in [1.807, 2.05) is 35.7 Å². The van der Waals surface area contributed by atoms with E-state index in [1.54, 1.807) is 0 Å². The first kappa shape index (κ1) is 22.6. The highest BCUT2D eigenvalue weighted by Gasteiger charge is 2.56. The molecule has 5 rings (SSSR count). The largest absolute Gasteiger partial charge is 0.469 e. The van der Waals surface area contributed by atoms with Crippen LogP contribution < -0.4 is 0 Å². The van der Waals surface area contributed by atoms with E-state index in [1.165, 1.54) is 18.1 Å². The summed E-state index contributed by atoms with van der Waals surface area (Å²) in [7, 11) is 3.37. The van der Waals surface area contributed by atoms with Gasteiger partial charge in [-0.15, -0.1) is 0 Å². The lowest BCUT2D eigenvalue weighted by Crippen LogP contribution is -2.57. The number of piperidine rings is 1. The zero-order valence-corrected chi connectivity index (χ0v) is 20.2. The lowest BCUT2D eigenvalue weighted by atomic mass is 9.76. The number of likely N-dealkylation sites (tertiary alicyclic amines) is 2. The fourth-order valence-corrected chi connectivity index (χ4v) is 5.88. The molecular weight excluding hydrogens is 428 g/mol. The number of esters is 1. The third kappa shape index (κ3) is 3.98. The van der Waals surface area contributed by atoms with Gasteiger partial charge in [0.15, 0.2) is 0 Å². The topological polar surface area (TPSA) is 67.7 Å². The summed E-state index contributed by atoms with van der Waals surface area (Å²) in [4.78, 5) is 30.4. The Morgan fingerprint density at radius 1 is 1.12 bits per heavy atom. The van der Waals surface area contributed by atoms with Gasteiger partial charge in [0, 0.05) is 51.4 Å². The van der Waals surface area contributed by atoms with Crippen LogP contribution in [0, 0.1) is 12.8 Å². The number of amides is 1. The third-order valence-corrected chi connectivity index (χ3v) is 7.74. The van der Waals surface area contributed by atoms with E-state index in [0.29, 0.717) is 6.54 Å². The lowest BCUT2D eigenvalue weighted by molar-refractivity contribution is -0.150. The van der Waals surface area contributed by atoms with Crippen LogP contribution in [0.2, 0.25) is 0 Å². The number of ether oxygens (including phenoxy) is 1. The minimum absolute atomic E-state index is 0.0418. The number of methoxy groups -OCH3 is 1. The fourth-order valence-electron chi connectivity index (χ4n) is 5.88. The van der Waals surface area contributed by atoms with Gasteiger partial charge in [-0.2, -0.15) is 5.10 Å². The minimum Gasteiger partial charge on any atom is -0.469 e. The molecule has 1 amide bonds. The summed E-state index contributed by atoms with van der Waals surface area (Å²) in [6.45, 7) is 5.03. The smallest absolute Gasteiger partial charge is 0.311 e. The average molecular weight is 461 g/mol. The van der Waals surface area contributed by atoms with Crippen molar-refractivity contribution in [3.8, 4) is 0 Å². The van der Waals surface area contributed by atoms with Crippen molar-refractivity contribution in [2.45, 2.75) is 44.8 Å². The maximum absolute atomic E-state index is 13.3. The molecule has 0 aliphatic carbocycles. The SMILES string of the molecule is COC(=O)C1CC(=O)N(Cc2ccc3ccccc3c2)C12CCN(Cc1cn(C)nc1C)CC2. The van der Waals surface area contributed by atoms with Crippen molar-refractivity contribution in [1.29, 1.82) is 0 Å². The van der Waals surface area contributed by atoms with Crippen molar-refractivity contribution in [1.82, 2.24) is 19.6 Å². The van der Waals surface area contributed by atoms with Crippen LogP contribution in [-0.2, 0) is 34.5 Å². The van der Waals surface area contributed by atoms with Crippen molar-refractivity contribution in [2.75, 3.05) is 20.2 Å². The molecule has 0 bridgehead atoms. The van der Waals surface area contributed by atoms with E-state index >= 15 is 0 Å². The van der Waals surface area contributed by atoms with E-state index in [-0.39, 0.29) is 18.3 Å².